The number of ether oxygens (including phenoxy) is 1. The van der Waals surface area contributed by atoms with Crippen molar-refractivity contribution in [3.05, 3.63) is 51.9 Å². The minimum Gasteiger partial charge on any atom is -0.370 e. The third kappa shape index (κ3) is 2.87. The molecule has 6 heteroatoms. The molecule has 1 fully saturated rings. The van der Waals surface area contributed by atoms with Crippen molar-refractivity contribution < 1.29 is 14.1 Å². The quantitative estimate of drug-likeness (QED) is 0.853. The van der Waals surface area contributed by atoms with Gasteiger partial charge >= 0.3 is 0 Å². The lowest BCUT2D eigenvalue weighted by Gasteiger charge is -2.33. The van der Waals surface area contributed by atoms with Crippen LogP contribution in [0.2, 0.25) is 5.02 Å². The number of hydrogen-bond acceptors (Lipinski definition) is 4. The molecule has 1 aromatic heterocycles. The molecule has 22 heavy (non-hydrogen) atoms. The van der Waals surface area contributed by atoms with Crippen LogP contribution in [0, 0.1) is 13.8 Å². The van der Waals surface area contributed by atoms with E-state index in [0.29, 0.717) is 41.7 Å². The maximum Gasteiger partial charge on any atom is 0.259 e. The number of amides is 1. The van der Waals surface area contributed by atoms with Crippen LogP contribution in [-0.4, -0.2) is 35.7 Å². The molecule has 0 spiro atoms. The Bertz CT molecular complexity index is 662. The summed E-state index contributed by atoms with van der Waals surface area (Å²) in [7, 11) is 0. The lowest BCUT2D eigenvalue weighted by Crippen LogP contribution is -2.42. The Morgan fingerprint density at radius 3 is 2.68 bits per heavy atom. The largest absolute Gasteiger partial charge is 0.370 e. The molecule has 1 aliphatic rings. The Morgan fingerprint density at radius 1 is 1.32 bits per heavy atom. The second kappa shape index (κ2) is 6.10. The van der Waals surface area contributed by atoms with Crippen LogP contribution >= 0.6 is 11.6 Å². The fourth-order valence-electron chi connectivity index (χ4n) is 2.66. The van der Waals surface area contributed by atoms with Gasteiger partial charge in [0.1, 0.15) is 17.4 Å². The number of morpholine rings is 1. The number of nitrogens with zero attached hydrogens (tertiary/aromatic N) is 2. The third-order valence-corrected chi connectivity index (χ3v) is 4.09. The first-order chi connectivity index (χ1) is 10.6. The Kier molecular flexibility index (Phi) is 4.18. The Labute approximate surface area is 133 Å². The van der Waals surface area contributed by atoms with E-state index < -0.39 is 0 Å². The van der Waals surface area contributed by atoms with E-state index in [4.69, 9.17) is 20.9 Å². The van der Waals surface area contributed by atoms with Gasteiger partial charge in [-0.1, -0.05) is 28.9 Å². The molecule has 2 heterocycles. The van der Waals surface area contributed by atoms with Crippen LogP contribution in [0.25, 0.3) is 0 Å². The van der Waals surface area contributed by atoms with E-state index in [0.717, 1.165) is 5.56 Å². The maximum atomic E-state index is 12.7. The van der Waals surface area contributed by atoms with Gasteiger partial charge in [-0.2, -0.15) is 0 Å². The molecule has 0 N–H and O–H groups in total. The monoisotopic (exact) mass is 320 g/mol. The summed E-state index contributed by atoms with van der Waals surface area (Å²) in [6, 6.07) is 7.51. The molecule has 0 unspecified atom stereocenters. The second-order valence-electron chi connectivity index (χ2n) is 5.36. The highest BCUT2D eigenvalue weighted by Gasteiger charge is 2.29. The predicted octanol–water partition coefficient (Wildman–Crippen LogP) is 3.16. The highest BCUT2D eigenvalue weighted by Crippen LogP contribution is 2.25. The molecule has 2 aromatic rings. The van der Waals surface area contributed by atoms with Crippen LogP contribution in [0.15, 0.2) is 28.8 Å². The summed E-state index contributed by atoms with van der Waals surface area (Å²) < 4.78 is 10.9. The zero-order chi connectivity index (χ0) is 15.7. The SMILES string of the molecule is Cc1noc(C)c1C(=O)N1CCO[C@@H](c2ccc(Cl)cc2)C1. The van der Waals surface area contributed by atoms with E-state index in [1.807, 2.05) is 24.3 Å². The van der Waals surface area contributed by atoms with Gasteiger partial charge in [0.05, 0.1) is 18.8 Å². The molecule has 5 nitrogen and oxygen atoms in total. The molecule has 1 atom stereocenters. The van der Waals surface area contributed by atoms with Gasteiger partial charge in [-0.05, 0) is 31.5 Å². The highest BCUT2D eigenvalue weighted by atomic mass is 35.5. The molecule has 1 saturated heterocycles. The van der Waals surface area contributed by atoms with Crippen LogP contribution in [0.1, 0.15) is 33.5 Å². The molecule has 0 aliphatic carbocycles. The Hall–Kier alpha value is -1.85. The number of aryl methyl sites for hydroxylation is 2. The van der Waals surface area contributed by atoms with Crippen LogP contribution in [0.3, 0.4) is 0 Å². The summed E-state index contributed by atoms with van der Waals surface area (Å²) >= 11 is 5.91. The van der Waals surface area contributed by atoms with Crippen molar-refractivity contribution in [1.29, 1.82) is 0 Å². The number of rotatable bonds is 2. The molecule has 1 aliphatic heterocycles. The van der Waals surface area contributed by atoms with Crippen molar-refractivity contribution in [2.24, 2.45) is 0 Å². The number of aromatic nitrogens is 1. The highest BCUT2D eigenvalue weighted by molar-refractivity contribution is 6.30. The summed E-state index contributed by atoms with van der Waals surface area (Å²) in [4.78, 5) is 14.5. The van der Waals surface area contributed by atoms with Crippen LogP contribution in [0.5, 0.6) is 0 Å². The van der Waals surface area contributed by atoms with Gasteiger partial charge in [0.15, 0.2) is 0 Å². The number of carbonyl (C=O) groups is 1. The summed E-state index contributed by atoms with van der Waals surface area (Å²) in [5, 5.41) is 4.53. The van der Waals surface area contributed by atoms with Crippen molar-refractivity contribution in [1.82, 2.24) is 10.1 Å². The average Bonchev–Trinajstić information content (AvgIpc) is 2.86. The first-order valence-corrected chi connectivity index (χ1v) is 7.53. The topological polar surface area (TPSA) is 55.6 Å². The fourth-order valence-corrected chi connectivity index (χ4v) is 2.79. The van der Waals surface area contributed by atoms with Gasteiger partial charge in [-0.25, -0.2) is 0 Å². The van der Waals surface area contributed by atoms with Crippen molar-refractivity contribution in [3.8, 4) is 0 Å². The zero-order valence-corrected chi connectivity index (χ0v) is 13.3. The predicted molar refractivity (Wildman–Crippen MR) is 82.0 cm³/mol. The number of halogens is 1. The summed E-state index contributed by atoms with van der Waals surface area (Å²) in [6.07, 6.45) is -0.143. The van der Waals surface area contributed by atoms with Gasteiger partial charge in [0, 0.05) is 11.6 Å². The molecule has 0 bridgehead atoms. The summed E-state index contributed by atoms with van der Waals surface area (Å²) in [5.74, 6) is 0.496. The van der Waals surface area contributed by atoms with Crippen LogP contribution in [-0.2, 0) is 4.74 Å². The van der Waals surface area contributed by atoms with Gasteiger partial charge in [0.25, 0.3) is 5.91 Å². The molecule has 0 saturated carbocycles. The number of carbonyl (C=O) groups excluding carboxylic acids is 1. The van der Waals surface area contributed by atoms with Crippen molar-refractivity contribution in [2.45, 2.75) is 20.0 Å². The number of benzene rings is 1. The molecule has 0 radical (unpaired) electrons. The first-order valence-electron chi connectivity index (χ1n) is 7.15. The third-order valence-electron chi connectivity index (χ3n) is 3.84. The van der Waals surface area contributed by atoms with Gasteiger partial charge in [0.2, 0.25) is 0 Å². The second-order valence-corrected chi connectivity index (χ2v) is 5.80. The van der Waals surface area contributed by atoms with E-state index in [9.17, 15) is 4.79 Å². The molecular weight excluding hydrogens is 304 g/mol. The molecule has 1 aromatic carbocycles. The van der Waals surface area contributed by atoms with Crippen LogP contribution < -0.4 is 0 Å². The molecule has 3 rings (SSSR count). The molecular formula is C16H17ClN2O3. The average molecular weight is 321 g/mol. The minimum atomic E-state index is -0.143. The van der Waals surface area contributed by atoms with Crippen molar-refractivity contribution >= 4 is 17.5 Å². The van der Waals surface area contributed by atoms with Gasteiger partial charge < -0.3 is 14.2 Å². The first kappa shape index (κ1) is 15.1. The smallest absolute Gasteiger partial charge is 0.259 e. The van der Waals surface area contributed by atoms with Gasteiger partial charge in [-0.3, -0.25) is 4.79 Å². The molecule has 116 valence electrons. The standard InChI is InChI=1S/C16H17ClN2O3/c1-10-15(11(2)22-18-10)16(20)19-7-8-21-14(9-19)12-3-5-13(17)6-4-12/h3-6,14H,7-9H2,1-2H3/t14-/m1/s1. The Balaban J connectivity index is 1.78. The van der Waals surface area contributed by atoms with E-state index in [1.54, 1.807) is 18.7 Å². The minimum absolute atomic E-state index is 0.0569. The summed E-state index contributed by atoms with van der Waals surface area (Å²) in [6.45, 7) is 5.10. The van der Waals surface area contributed by atoms with E-state index in [1.165, 1.54) is 0 Å². The summed E-state index contributed by atoms with van der Waals surface area (Å²) in [5.41, 5.74) is 2.19. The van der Waals surface area contributed by atoms with Gasteiger partial charge in [-0.15, -0.1) is 0 Å². The normalized spacial score (nSPS) is 18.5. The van der Waals surface area contributed by atoms with Crippen molar-refractivity contribution in [2.75, 3.05) is 19.7 Å². The van der Waals surface area contributed by atoms with Crippen LogP contribution in [0.4, 0.5) is 0 Å². The Morgan fingerprint density at radius 2 is 2.05 bits per heavy atom. The van der Waals surface area contributed by atoms with E-state index in [-0.39, 0.29) is 12.0 Å². The lowest BCUT2D eigenvalue weighted by molar-refractivity contribution is -0.0229. The molecule has 1 amide bonds. The number of hydrogen-bond donors (Lipinski definition) is 0. The zero-order valence-electron chi connectivity index (χ0n) is 12.5. The fraction of sp³-hybridized carbons (Fsp3) is 0.375. The maximum absolute atomic E-state index is 12.7. The van der Waals surface area contributed by atoms with Crippen molar-refractivity contribution in [3.63, 3.8) is 0 Å². The van der Waals surface area contributed by atoms with E-state index >= 15 is 0 Å². The lowest BCUT2D eigenvalue weighted by atomic mass is 10.1. The van der Waals surface area contributed by atoms with E-state index in [2.05, 4.69) is 5.16 Å².